The Morgan fingerprint density at radius 2 is 2.18 bits per heavy atom. The van der Waals surface area contributed by atoms with Crippen LogP contribution in [0.3, 0.4) is 0 Å². The van der Waals surface area contributed by atoms with Gasteiger partial charge in [0.1, 0.15) is 0 Å². The summed E-state index contributed by atoms with van der Waals surface area (Å²) in [6.45, 7) is 3.94. The average molecular weight is 150 g/mol. The largest absolute Gasteiger partial charge is 0.290 e. The predicted octanol–water partition coefficient (Wildman–Crippen LogP) is 2.63. The Kier molecular flexibility index (Phi) is 2.64. The molecule has 0 aliphatic heterocycles. The van der Waals surface area contributed by atoms with E-state index in [1.165, 1.54) is 5.57 Å². The van der Waals surface area contributed by atoms with Gasteiger partial charge in [0.05, 0.1) is 0 Å². The lowest BCUT2D eigenvalue weighted by atomic mass is 10.1. The van der Waals surface area contributed by atoms with Crippen molar-refractivity contribution in [2.24, 2.45) is 0 Å². The Labute approximate surface area is 67.8 Å². The van der Waals surface area contributed by atoms with Crippen LogP contribution in [0.2, 0.25) is 0 Å². The molecule has 0 fully saturated rings. The molecule has 0 unspecified atom stereocenters. The number of carbonyl (C=O) groups is 1. The smallest absolute Gasteiger partial charge is 0.181 e. The predicted molar refractivity (Wildman–Crippen MR) is 46.4 cm³/mol. The summed E-state index contributed by atoms with van der Waals surface area (Å²) in [5.74, 6) is 0.211. The standard InChI is InChI=1S/C10H14O/c1-3-5-10(11)9-7-4-6-8(9)2/h3,5H,4,6-7H2,1-2H3/b5-3+. The first-order chi connectivity index (χ1) is 5.25. The van der Waals surface area contributed by atoms with E-state index in [1.807, 2.05) is 6.92 Å². The molecule has 11 heavy (non-hydrogen) atoms. The summed E-state index contributed by atoms with van der Waals surface area (Å²) < 4.78 is 0. The number of rotatable bonds is 2. The molecule has 0 spiro atoms. The van der Waals surface area contributed by atoms with Gasteiger partial charge in [0, 0.05) is 0 Å². The van der Waals surface area contributed by atoms with E-state index < -0.39 is 0 Å². The monoisotopic (exact) mass is 150 g/mol. The number of allylic oxidation sites excluding steroid dienone is 4. The summed E-state index contributed by atoms with van der Waals surface area (Å²) in [5.41, 5.74) is 2.33. The fourth-order valence-electron chi connectivity index (χ4n) is 1.48. The Hall–Kier alpha value is -0.850. The maximum atomic E-state index is 11.3. The molecule has 0 atom stereocenters. The van der Waals surface area contributed by atoms with E-state index in [9.17, 15) is 4.79 Å². The molecule has 1 nitrogen and oxygen atoms in total. The topological polar surface area (TPSA) is 17.1 Å². The number of carbonyl (C=O) groups excluding carboxylic acids is 1. The third kappa shape index (κ3) is 1.79. The van der Waals surface area contributed by atoms with Gasteiger partial charge in [-0.15, -0.1) is 0 Å². The molecule has 0 amide bonds. The summed E-state index contributed by atoms with van der Waals surface area (Å²) in [6, 6.07) is 0. The zero-order chi connectivity index (χ0) is 8.27. The minimum absolute atomic E-state index is 0.211. The van der Waals surface area contributed by atoms with Crippen molar-refractivity contribution in [3.8, 4) is 0 Å². The SMILES string of the molecule is C/C=C/C(=O)C1=C(C)CCC1. The van der Waals surface area contributed by atoms with Gasteiger partial charge in [-0.2, -0.15) is 0 Å². The van der Waals surface area contributed by atoms with Gasteiger partial charge in [0.2, 0.25) is 0 Å². The van der Waals surface area contributed by atoms with E-state index in [2.05, 4.69) is 6.92 Å². The van der Waals surface area contributed by atoms with Crippen molar-refractivity contribution in [2.75, 3.05) is 0 Å². The van der Waals surface area contributed by atoms with E-state index in [0.29, 0.717) is 0 Å². The summed E-state index contributed by atoms with van der Waals surface area (Å²) in [5, 5.41) is 0. The fourth-order valence-corrected chi connectivity index (χ4v) is 1.48. The van der Waals surface area contributed by atoms with E-state index >= 15 is 0 Å². The van der Waals surface area contributed by atoms with Gasteiger partial charge in [0.15, 0.2) is 5.78 Å². The second-order valence-corrected chi connectivity index (χ2v) is 2.98. The van der Waals surface area contributed by atoms with Gasteiger partial charge in [-0.1, -0.05) is 11.6 Å². The van der Waals surface area contributed by atoms with Crippen LogP contribution in [0.4, 0.5) is 0 Å². The van der Waals surface area contributed by atoms with Crippen LogP contribution in [0.15, 0.2) is 23.3 Å². The molecule has 1 aliphatic carbocycles. The lowest BCUT2D eigenvalue weighted by molar-refractivity contribution is -0.111. The molecule has 1 aliphatic rings. The molecule has 60 valence electrons. The molecule has 1 heteroatoms. The highest BCUT2D eigenvalue weighted by Crippen LogP contribution is 2.25. The second kappa shape index (κ2) is 3.51. The molecule has 0 radical (unpaired) electrons. The van der Waals surface area contributed by atoms with Gasteiger partial charge in [0.25, 0.3) is 0 Å². The van der Waals surface area contributed by atoms with Crippen LogP contribution in [0.1, 0.15) is 33.1 Å². The highest BCUT2D eigenvalue weighted by molar-refractivity contribution is 6.04. The van der Waals surface area contributed by atoms with Crippen molar-refractivity contribution < 1.29 is 4.79 Å². The lowest BCUT2D eigenvalue weighted by Crippen LogP contribution is -1.96. The molecular weight excluding hydrogens is 136 g/mol. The first-order valence-electron chi connectivity index (χ1n) is 4.11. The highest BCUT2D eigenvalue weighted by Gasteiger charge is 2.14. The van der Waals surface area contributed by atoms with E-state index in [4.69, 9.17) is 0 Å². The maximum Gasteiger partial charge on any atom is 0.181 e. The molecule has 0 saturated heterocycles. The van der Waals surface area contributed by atoms with Crippen LogP contribution in [-0.4, -0.2) is 5.78 Å². The zero-order valence-corrected chi connectivity index (χ0v) is 7.18. The Morgan fingerprint density at radius 1 is 1.45 bits per heavy atom. The third-order valence-electron chi connectivity index (χ3n) is 2.11. The molecule has 0 N–H and O–H groups in total. The Morgan fingerprint density at radius 3 is 2.64 bits per heavy atom. The number of hydrogen-bond acceptors (Lipinski definition) is 1. The van der Waals surface area contributed by atoms with E-state index in [-0.39, 0.29) is 5.78 Å². The van der Waals surface area contributed by atoms with Crippen molar-refractivity contribution in [3.05, 3.63) is 23.3 Å². The summed E-state index contributed by atoms with van der Waals surface area (Å²) >= 11 is 0. The molecule has 0 saturated carbocycles. The van der Waals surface area contributed by atoms with Crippen molar-refractivity contribution in [3.63, 3.8) is 0 Å². The third-order valence-corrected chi connectivity index (χ3v) is 2.11. The van der Waals surface area contributed by atoms with E-state index in [1.54, 1.807) is 12.2 Å². The van der Waals surface area contributed by atoms with Crippen LogP contribution in [-0.2, 0) is 4.79 Å². The first-order valence-corrected chi connectivity index (χ1v) is 4.11. The van der Waals surface area contributed by atoms with Crippen LogP contribution >= 0.6 is 0 Å². The molecule has 0 aromatic heterocycles. The normalized spacial score (nSPS) is 18.4. The molecule has 0 bridgehead atoms. The van der Waals surface area contributed by atoms with Crippen LogP contribution in [0.25, 0.3) is 0 Å². The maximum absolute atomic E-state index is 11.3. The fraction of sp³-hybridized carbons (Fsp3) is 0.500. The molecule has 0 aromatic rings. The van der Waals surface area contributed by atoms with Crippen molar-refractivity contribution in [1.29, 1.82) is 0 Å². The van der Waals surface area contributed by atoms with Crippen LogP contribution in [0, 0.1) is 0 Å². The highest BCUT2D eigenvalue weighted by atomic mass is 16.1. The van der Waals surface area contributed by atoms with Crippen molar-refractivity contribution in [1.82, 2.24) is 0 Å². The van der Waals surface area contributed by atoms with Crippen LogP contribution < -0.4 is 0 Å². The zero-order valence-electron chi connectivity index (χ0n) is 7.18. The van der Waals surface area contributed by atoms with Crippen molar-refractivity contribution in [2.45, 2.75) is 33.1 Å². The summed E-state index contributed by atoms with van der Waals surface area (Å²) in [6.07, 6.45) is 6.71. The van der Waals surface area contributed by atoms with Gasteiger partial charge in [-0.25, -0.2) is 0 Å². The summed E-state index contributed by atoms with van der Waals surface area (Å²) in [7, 11) is 0. The molecular formula is C10H14O. The second-order valence-electron chi connectivity index (χ2n) is 2.98. The quantitative estimate of drug-likeness (QED) is 0.553. The molecule has 0 aromatic carbocycles. The molecule has 1 rings (SSSR count). The van der Waals surface area contributed by atoms with Gasteiger partial charge in [-0.05, 0) is 44.8 Å². The van der Waals surface area contributed by atoms with Gasteiger partial charge < -0.3 is 0 Å². The summed E-state index contributed by atoms with van der Waals surface area (Å²) in [4.78, 5) is 11.3. The minimum atomic E-state index is 0.211. The van der Waals surface area contributed by atoms with Crippen LogP contribution in [0.5, 0.6) is 0 Å². The van der Waals surface area contributed by atoms with Gasteiger partial charge in [-0.3, -0.25) is 4.79 Å². The average Bonchev–Trinajstić information content (AvgIpc) is 2.36. The van der Waals surface area contributed by atoms with Crippen molar-refractivity contribution >= 4 is 5.78 Å². The Balaban J connectivity index is 2.74. The number of hydrogen-bond donors (Lipinski definition) is 0. The van der Waals surface area contributed by atoms with Gasteiger partial charge >= 0.3 is 0 Å². The van der Waals surface area contributed by atoms with E-state index in [0.717, 1.165) is 24.8 Å². The number of ketones is 1. The Bertz CT molecular complexity index is 221. The molecule has 0 heterocycles. The minimum Gasteiger partial charge on any atom is -0.290 e. The lowest BCUT2D eigenvalue weighted by Gasteiger charge is -1.95. The first kappa shape index (κ1) is 8.25.